The van der Waals surface area contributed by atoms with E-state index in [0.717, 1.165) is 43.6 Å². The van der Waals surface area contributed by atoms with Gasteiger partial charge in [0.1, 0.15) is 0 Å². The summed E-state index contributed by atoms with van der Waals surface area (Å²) in [4.78, 5) is 23.2. The number of amides is 2. The summed E-state index contributed by atoms with van der Waals surface area (Å²) < 4.78 is 5.35. The lowest BCUT2D eigenvalue weighted by molar-refractivity contribution is -0.143. The number of hydrogen-bond acceptors (Lipinski definition) is 5. The molecular formula is C21H38N2O3S2. The quantitative estimate of drug-likeness (QED) is 0.144. The van der Waals surface area contributed by atoms with E-state index in [1.54, 1.807) is 0 Å². The number of rotatable bonds is 16. The van der Waals surface area contributed by atoms with Gasteiger partial charge in [0.25, 0.3) is 0 Å². The summed E-state index contributed by atoms with van der Waals surface area (Å²) in [5.74, 6) is 1.94. The van der Waals surface area contributed by atoms with Crippen molar-refractivity contribution in [3.63, 3.8) is 0 Å². The average molecular weight is 431 g/mol. The Hall–Kier alpha value is -0.560. The first kappa shape index (κ1) is 23.7. The first-order chi connectivity index (χ1) is 13.7. The van der Waals surface area contributed by atoms with Gasteiger partial charge < -0.3 is 15.4 Å². The zero-order valence-electron chi connectivity index (χ0n) is 17.1. The van der Waals surface area contributed by atoms with Crippen LogP contribution in [0.2, 0.25) is 0 Å². The lowest BCUT2D eigenvalue weighted by Gasteiger charge is -2.16. The van der Waals surface area contributed by atoms with E-state index >= 15 is 0 Å². The highest BCUT2D eigenvalue weighted by Gasteiger charge is 2.42. The molecule has 2 rings (SSSR count). The van der Waals surface area contributed by atoms with Crippen molar-refractivity contribution in [2.24, 2.45) is 0 Å². The fraction of sp³-hybridized carbons (Fsp3) is 0.905. The van der Waals surface area contributed by atoms with Crippen molar-refractivity contribution < 1.29 is 14.3 Å². The third-order valence-electron chi connectivity index (χ3n) is 5.62. The van der Waals surface area contributed by atoms with Crippen LogP contribution < -0.4 is 10.6 Å². The third-order valence-corrected chi connectivity index (χ3v) is 7.45. The Bertz CT molecular complexity index is 465. The molecule has 2 saturated heterocycles. The van der Waals surface area contributed by atoms with Gasteiger partial charge in [-0.05, 0) is 31.4 Å². The smallest absolute Gasteiger partial charge is 0.315 e. The van der Waals surface area contributed by atoms with E-state index in [4.69, 9.17) is 4.74 Å². The zero-order chi connectivity index (χ0) is 20.0. The van der Waals surface area contributed by atoms with E-state index < -0.39 is 0 Å². The Balaban J connectivity index is 1.34. The van der Waals surface area contributed by atoms with Crippen LogP contribution >= 0.6 is 24.4 Å². The van der Waals surface area contributed by atoms with E-state index in [1.165, 1.54) is 44.9 Å². The van der Waals surface area contributed by atoms with Crippen molar-refractivity contribution >= 4 is 36.4 Å². The number of thioether (sulfide) groups is 1. The molecule has 2 aliphatic heterocycles. The van der Waals surface area contributed by atoms with E-state index in [9.17, 15) is 9.59 Å². The normalized spacial score (nSPS) is 23.3. The molecule has 0 aromatic heterocycles. The van der Waals surface area contributed by atoms with E-state index in [1.807, 2.05) is 11.8 Å². The van der Waals surface area contributed by atoms with Crippen LogP contribution in [0, 0.1) is 0 Å². The molecule has 28 heavy (non-hydrogen) atoms. The summed E-state index contributed by atoms with van der Waals surface area (Å²) >= 11 is 6.16. The van der Waals surface area contributed by atoms with Crippen LogP contribution in [-0.4, -0.2) is 47.4 Å². The zero-order valence-corrected chi connectivity index (χ0v) is 18.8. The molecule has 5 nitrogen and oxygen atoms in total. The van der Waals surface area contributed by atoms with Gasteiger partial charge in [-0.2, -0.15) is 24.4 Å². The van der Waals surface area contributed by atoms with E-state index in [-0.39, 0.29) is 24.1 Å². The number of carbonyl (C=O) groups is 2. The summed E-state index contributed by atoms with van der Waals surface area (Å²) in [5, 5.41) is 6.45. The second-order valence-electron chi connectivity index (χ2n) is 7.99. The number of fused-ring (bicyclic) bond motifs is 1. The number of hydrogen-bond donors (Lipinski definition) is 3. The highest BCUT2D eigenvalue weighted by molar-refractivity contribution is 8.00. The molecule has 0 spiro atoms. The highest BCUT2D eigenvalue weighted by Crippen LogP contribution is 2.33. The molecule has 0 radical (unpaired) electrons. The Kier molecular flexibility index (Phi) is 12.2. The highest BCUT2D eigenvalue weighted by atomic mass is 32.2. The molecule has 2 amide bonds. The number of unbranched alkanes of at least 4 members (excludes halogenated alkanes) is 9. The van der Waals surface area contributed by atoms with Gasteiger partial charge in [0.05, 0.1) is 18.7 Å². The fourth-order valence-electron chi connectivity index (χ4n) is 3.97. The summed E-state index contributed by atoms with van der Waals surface area (Å²) in [6.45, 7) is 0.570. The molecule has 2 aliphatic rings. The minimum absolute atomic E-state index is 0.0341. The second-order valence-corrected chi connectivity index (χ2v) is 9.71. The van der Waals surface area contributed by atoms with Gasteiger partial charge in [-0.1, -0.05) is 51.4 Å². The predicted molar refractivity (Wildman–Crippen MR) is 120 cm³/mol. The predicted octanol–water partition coefficient (Wildman–Crippen LogP) is 4.70. The number of urea groups is 1. The van der Waals surface area contributed by atoms with Gasteiger partial charge in [0, 0.05) is 17.4 Å². The topological polar surface area (TPSA) is 67.4 Å². The van der Waals surface area contributed by atoms with Gasteiger partial charge in [-0.15, -0.1) is 0 Å². The SMILES string of the molecule is O=C1N[C@H]2[C@H](CS[C@H]2CCCCC(=O)OCCCCCCCCCCCS)N1. The minimum Gasteiger partial charge on any atom is -0.466 e. The van der Waals surface area contributed by atoms with Crippen molar-refractivity contribution in [3.05, 3.63) is 0 Å². The van der Waals surface area contributed by atoms with Gasteiger partial charge >= 0.3 is 12.0 Å². The van der Waals surface area contributed by atoms with Crippen LogP contribution in [0.5, 0.6) is 0 Å². The van der Waals surface area contributed by atoms with Crippen LogP contribution in [0.3, 0.4) is 0 Å². The molecule has 0 aromatic rings. The molecule has 0 saturated carbocycles. The van der Waals surface area contributed by atoms with Gasteiger partial charge in [0.15, 0.2) is 0 Å². The van der Waals surface area contributed by atoms with Gasteiger partial charge in [0.2, 0.25) is 0 Å². The monoisotopic (exact) mass is 430 g/mol. The molecule has 2 heterocycles. The number of ether oxygens (including phenoxy) is 1. The molecule has 2 fully saturated rings. The third kappa shape index (κ3) is 9.29. The summed E-state index contributed by atoms with van der Waals surface area (Å²) in [6, 6.07) is 0.510. The van der Waals surface area contributed by atoms with Crippen molar-refractivity contribution in [1.29, 1.82) is 0 Å². The number of carbonyl (C=O) groups excluding carboxylic acids is 2. The molecule has 3 atom stereocenters. The van der Waals surface area contributed by atoms with E-state index in [0.29, 0.717) is 18.3 Å². The molecule has 7 heteroatoms. The van der Waals surface area contributed by atoms with Crippen LogP contribution in [-0.2, 0) is 9.53 Å². The van der Waals surface area contributed by atoms with Crippen LogP contribution in [0.15, 0.2) is 0 Å². The van der Waals surface area contributed by atoms with Gasteiger partial charge in [-0.25, -0.2) is 4.79 Å². The van der Waals surface area contributed by atoms with Crippen molar-refractivity contribution in [1.82, 2.24) is 10.6 Å². The summed E-state index contributed by atoms with van der Waals surface area (Å²) in [5.41, 5.74) is 0. The Morgan fingerprint density at radius 1 is 0.964 bits per heavy atom. The van der Waals surface area contributed by atoms with E-state index in [2.05, 4.69) is 23.3 Å². The van der Waals surface area contributed by atoms with Crippen LogP contribution in [0.4, 0.5) is 4.79 Å². The Labute approximate surface area is 180 Å². The van der Waals surface area contributed by atoms with Crippen molar-refractivity contribution in [2.45, 2.75) is 101 Å². The number of esters is 1. The first-order valence-electron chi connectivity index (χ1n) is 11.2. The lowest BCUT2D eigenvalue weighted by atomic mass is 10.0. The van der Waals surface area contributed by atoms with Gasteiger partial charge in [-0.3, -0.25) is 4.79 Å². The molecule has 2 N–H and O–H groups in total. The molecule has 0 aromatic carbocycles. The maximum atomic E-state index is 11.8. The largest absolute Gasteiger partial charge is 0.466 e. The van der Waals surface area contributed by atoms with Crippen LogP contribution in [0.1, 0.15) is 83.5 Å². The average Bonchev–Trinajstić information content (AvgIpc) is 3.22. The fourth-order valence-corrected chi connectivity index (χ4v) is 5.73. The van der Waals surface area contributed by atoms with Crippen LogP contribution in [0.25, 0.3) is 0 Å². The Morgan fingerprint density at radius 3 is 2.36 bits per heavy atom. The number of thiol groups is 1. The maximum Gasteiger partial charge on any atom is 0.315 e. The molecule has 0 bridgehead atoms. The lowest BCUT2D eigenvalue weighted by Crippen LogP contribution is -2.36. The summed E-state index contributed by atoms with van der Waals surface area (Å²) in [7, 11) is 0. The second kappa shape index (κ2) is 14.4. The Morgan fingerprint density at radius 2 is 1.64 bits per heavy atom. The maximum absolute atomic E-state index is 11.8. The van der Waals surface area contributed by atoms with Crippen molar-refractivity contribution in [2.75, 3.05) is 18.1 Å². The standard InChI is InChI=1S/C21H38N2O3S2/c24-19(26-14-10-6-4-2-1-3-5-7-11-15-27)13-9-8-12-18-20-17(16-28-18)22-21(25)23-20/h17-18,20,27H,1-16H2,(H2,22,23,25)/t17-,18-,20-/m0/s1. The molecule has 0 unspecified atom stereocenters. The molecular weight excluding hydrogens is 392 g/mol. The first-order valence-corrected chi connectivity index (χ1v) is 12.8. The summed E-state index contributed by atoms with van der Waals surface area (Å²) in [6.07, 6.45) is 14.7. The number of nitrogens with one attached hydrogen (secondary N) is 2. The van der Waals surface area contributed by atoms with Crippen molar-refractivity contribution in [3.8, 4) is 0 Å². The minimum atomic E-state index is -0.0584. The molecule has 0 aliphatic carbocycles. The molecule has 162 valence electrons.